The Hall–Kier alpha value is -1.46. The van der Waals surface area contributed by atoms with Crippen LogP contribution in [0.4, 0.5) is 5.69 Å². The predicted molar refractivity (Wildman–Crippen MR) is 92.2 cm³/mol. The first-order valence-electron chi connectivity index (χ1n) is 7.32. The molecule has 2 aromatic carbocycles. The molecule has 0 saturated carbocycles. The van der Waals surface area contributed by atoms with Gasteiger partial charge in [-0.1, -0.05) is 29.8 Å². The van der Waals surface area contributed by atoms with Gasteiger partial charge < -0.3 is 0 Å². The first-order valence-corrected chi connectivity index (χ1v) is 9.74. The van der Waals surface area contributed by atoms with Crippen molar-refractivity contribution in [2.45, 2.75) is 30.1 Å². The molecule has 5 heteroatoms. The number of fused-ring (bicyclic) bond motifs is 1. The fourth-order valence-corrected chi connectivity index (χ4v) is 5.54. The summed E-state index contributed by atoms with van der Waals surface area (Å²) >= 11 is 1.73. The summed E-state index contributed by atoms with van der Waals surface area (Å²) in [6.45, 7) is 4.36. The van der Waals surface area contributed by atoms with E-state index in [0.29, 0.717) is 11.4 Å². The molecule has 0 unspecified atom stereocenters. The number of aryl methyl sites for hydroxylation is 2. The van der Waals surface area contributed by atoms with E-state index >= 15 is 0 Å². The Morgan fingerprint density at radius 3 is 2.64 bits per heavy atom. The first kappa shape index (κ1) is 15.4. The molecule has 22 heavy (non-hydrogen) atoms. The van der Waals surface area contributed by atoms with Gasteiger partial charge in [-0.3, -0.25) is 4.31 Å². The molecule has 0 radical (unpaired) electrons. The van der Waals surface area contributed by atoms with Crippen LogP contribution >= 0.6 is 11.8 Å². The van der Waals surface area contributed by atoms with Crippen LogP contribution in [0.15, 0.2) is 52.3 Å². The molecule has 0 aliphatic carbocycles. The molecule has 116 valence electrons. The highest BCUT2D eigenvalue weighted by Gasteiger charge is 2.29. The van der Waals surface area contributed by atoms with E-state index in [1.807, 2.05) is 50.2 Å². The smallest absolute Gasteiger partial charge is 0.264 e. The average molecular weight is 333 g/mol. The minimum atomic E-state index is -3.53. The van der Waals surface area contributed by atoms with Crippen molar-refractivity contribution in [3.63, 3.8) is 0 Å². The second-order valence-electron chi connectivity index (χ2n) is 5.52. The van der Waals surface area contributed by atoms with Gasteiger partial charge in [0.05, 0.1) is 10.6 Å². The van der Waals surface area contributed by atoms with Crippen molar-refractivity contribution in [1.29, 1.82) is 0 Å². The average Bonchev–Trinajstić information content (AvgIpc) is 2.69. The molecule has 0 atom stereocenters. The quantitative estimate of drug-likeness (QED) is 0.834. The molecule has 0 amide bonds. The molecule has 0 N–H and O–H groups in total. The van der Waals surface area contributed by atoms with Gasteiger partial charge in [-0.2, -0.15) is 0 Å². The van der Waals surface area contributed by atoms with Crippen molar-refractivity contribution in [3.05, 3.63) is 53.6 Å². The molecular weight excluding hydrogens is 314 g/mol. The Morgan fingerprint density at radius 1 is 1.09 bits per heavy atom. The van der Waals surface area contributed by atoms with E-state index in [0.717, 1.165) is 33.9 Å². The van der Waals surface area contributed by atoms with E-state index < -0.39 is 10.0 Å². The van der Waals surface area contributed by atoms with Crippen molar-refractivity contribution >= 4 is 27.5 Å². The molecule has 2 aromatic rings. The summed E-state index contributed by atoms with van der Waals surface area (Å²) in [5, 5.41) is 0. The van der Waals surface area contributed by atoms with Crippen LogP contribution in [0.3, 0.4) is 0 Å². The second-order valence-corrected chi connectivity index (χ2v) is 8.48. The fraction of sp³-hybridized carbons (Fsp3) is 0.294. The van der Waals surface area contributed by atoms with Gasteiger partial charge in [0.1, 0.15) is 0 Å². The van der Waals surface area contributed by atoms with Crippen LogP contribution in [-0.4, -0.2) is 20.7 Å². The molecule has 0 spiro atoms. The van der Waals surface area contributed by atoms with Gasteiger partial charge in [0, 0.05) is 11.4 Å². The Labute approximate surface area is 136 Å². The highest BCUT2D eigenvalue weighted by atomic mass is 32.2. The number of hydrogen-bond donors (Lipinski definition) is 0. The molecular formula is C17H19NO2S2. The zero-order chi connectivity index (χ0) is 15.7. The van der Waals surface area contributed by atoms with E-state index in [4.69, 9.17) is 0 Å². The largest absolute Gasteiger partial charge is 0.265 e. The van der Waals surface area contributed by atoms with Crippen LogP contribution in [0.2, 0.25) is 0 Å². The van der Waals surface area contributed by atoms with E-state index in [2.05, 4.69) is 0 Å². The van der Waals surface area contributed by atoms with Crippen LogP contribution in [0.5, 0.6) is 0 Å². The standard InChI is InChI=1S/C17H19NO2S2/c1-13-8-9-17(14(2)12-13)22(19,20)18-10-5-11-21-16-7-4-3-6-15(16)18/h3-4,6-9,12H,5,10-11H2,1-2H3. The number of hydrogen-bond acceptors (Lipinski definition) is 3. The summed E-state index contributed by atoms with van der Waals surface area (Å²) in [6, 6.07) is 13.3. The van der Waals surface area contributed by atoms with Gasteiger partial charge in [0.2, 0.25) is 0 Å². The van der Waals surface area contributed by atoms with Gasteiger partial charge in [-0.15, -0.1) is 11.8 Å². The minimum Gasteiger partial charge on any atom is -0.265 e. The summed E-state index contributed by atoms with van der Waals surface area (Å²) in [6.07, 6.45) is 0.851. The lowest BCUT2D eigenvalue weighted by Crippen LogP contribution is -2.32. The molecule has 3 nitrogen and oxygen atoms in total. The summed E-state index contributed by atoms with van der Waals surface area (Å²) in [7, 11) is -3.53. The van der Waals surface area contributed by atoms with Crippen LogP contribution in [-0.2, 0) is 10.0 Å². The Morgan fingerprint density at radius 2 is 1.86 bits per heavy atom. The highest BCUT2D eigenvalue weighted by Crippen LogP contribution is 2.37. The zero-order valence-corrected chi connectivity index (χ0v) is 14.4. The van der Waals surface area contributed by atoms with Crippen LogP contribution in [0.25, 0.3) is 0 Å². The number of sulfonamides is 1. The second kappa shape index (κ2) is 5.97. The van der Waals surface area contributed by atoms with Crippen LogP contribution in [0.1, 0.15) is 17.5 Å². The van der Waals surface area contributed by atoms with E-state index in [9.17, 15) is 8.42 Å². The number of anilines is 1. The fourth-order valence-electron chi connectivity index (χ4n) is 2.75. The lowest BCUT2D eigenvalue weighted by Gasteiger charge is -2.25. The molecule has 1 aliphatic rings. The summed E-state index contributed by atoms with van der Waals surface area (Å²) in [5.41, 5.74) is 2.67. The summed E-state index contributed by atoms with van der Waals surface area (Å²) in [4.78, 5) is 1.44. The number of nitrogens with zero attached hydrogens (tertiary/aromatic N) is 1. The Kier molecular flexibility index (Phi) is 4.19. The third-order valence-electron chi connectivity index (χ3n) is 3.80. The van der Waals surface area contributed by atoms with Gasteiger partial charge >= 0.3 is 0 Å². The van der Waals surface area contributed by atoms with Gasteiger partial charge in [0.25, 0.3) is 10.0 Å². The van der Waals surface area contributed by atoms with Gasteiger partial charge in [-0.25, -0.2) is 8.42 Å². The molecule has 0 bridgehead atoms. The van der Waals surface area contributed by atoms with E-state index in [1.54, 1.807) is 22.1 Å². The monoisotopic (exact) mass is 333 g/mol. The Balaban J connectivity index is 2.13. The van der Waals surface area contributed by atoms with Crippen molar-refractivity contribution < 1.29 is 8.42 Å². The number of para-hydroxylation sites is 1. The molecule has 1 aliphatic heterocycles. The van der Waals surface area contributed by atoms with Crippen molar-refractivity contribution in [3.8, 4) is 0 Å². The molecule has 0 saturated heterocycles. The van der Waals surface area contributed by atoms with Crippen LogP contribution in [0, 0.1) is 13.8 Å². The van der Waals surface area contributed by atoms with Crippen LogP contribution < -0.4 is 4.31 Å². The molecule has 1 heterocycles. The van der Waals surface area contributed by atoms with Gasteiger partial charge in [0.15, 0.2) is 0 Å². The molecule has 0 aromatic heterocycles. The molecule has 0 fully saturated rings. The zero-order valence-electron chi connectivity index (χ0n) is 12.7. The molecule has 3 rings (SSSR count). The number of thioether (sulfide) groups is 1. The van der Waals surface area contributed by atoms with Crippen molar-refractivity contribution in [1.82, 2.24) is 0 Å². The lowest BCUT2D eigenvalue weighted by atomic mass is 10.2. The maximum atomic E-state index is 13.2. The summed E-state index contributed by atoms with van der Waals surface area (Å²) in [5.74, 6) is 0.940. The predicted octanol–water partition coefficient (Wildman–Crippen LogP) is 3.99. The highest BCUT2D eigenvalue weighted by molar-refractivity contribution is 7.99. The third kappa shape index (κ3) is 2.75. The number of rotatable bonds is 2. The van der Waals surface area contributed by atoms with Crippen molar-refractivity contribution in [2.75, 3.05) is 16.6 Å². The van der Waals surface area contributed by atoms with Gasteiger partial charge in [-0.05, 0) is 49.8 Å². The normalized spacial score (nSPS) is 15.3. The SMILES string of the molecule is Cc1ccc(S(=O)(=O)N2CCCSc3ccccc32)c(C)c1. The Bertz CT molecular complexity index is 800. The first-order chi connectivity index (χ1) is 10.5. The minimum absolute atomic E-state index is 0.403. The topological polar surface area (TPSA) is 37.4 Å². The maximum Gasteiger partial charge on any atom is 0.264 e. The third-order valence-corrected chi connectivity index (χ3v) is 6.92. The summed E-state index contributed by atoms with van der Waals surface area (Å²) < 4.78 is 27.9. The van der Waals surface area contributed by atoms with Crippen molar-refractivity contribution in [2.24, 2.45) is 0 Å². The maximum absolute atomic E-state index is 13.2. The van der Waals surface area contributed by atoms with E-state index in [1.165, 1.54) is 0 Å². The lowest BCUT2D eigenvalue weighted by molar-refractivity contribution is 0.589. The number of benzene rings is 2. The van der Waals surface area contributed by atoms with E-state index in [-0.39, 0.29) is 0 Å².